The molecule has 8 heteroatoms. The summed E-state index contributed by atoms with van der Waals surface area (Å²) in [7, 11) is 1.50. The molecule has 0 amide bonds. The molecular weight excluding hydrogens is 240 g/mol. The van der Waals surface area contributed by atoms with Crippen molar-refractivity contribution in [3.8, 4) is 0 Å². The molecule has 0 atom stereocenters. The highest BCUT2D eigenvalue weighted by Gasteiger charge is 2.28. The summed E-state index contributed by atoms with van der Waals surface area (Å²) in [6.07, 6.45) is 0.756. The number of carboxylic acids is 1. The van der Waals surface area contributed by atoms with Crippen molar-refractivity contribution < 1.29 is 14.8 Å². The van der Waals surface area contributed by atoms with Gasteiger partial charge in [0.2, 0.25) is 5.82 Å². The maximum atomic E-state index is 11.0. The summed E-state index contributed by atoms with van der Waals surface area (Å²) in [5.74, 6) is -0.810. The Kier molecular flexibility index (Phi) is 4.24. The first-order valence-corrected chi connectivity index (χ1v) is 5.53. The van der Waals surface area contributed by atoms with Crippen molar-refractivity contribution in [1.29, 1.82) is 0 Å². The number of hydrogen-bond donors (Lipinski definition) is 1. The monoisotopic (exact) mass is 256 g/mol. The fraction of sp³-hybridized carbons (Fsp3) is 0.600. The maximum Gasteiger partial charge on any atom is 0.333 e. The third kappa shape index (κ3) is 2.76. The summed E-state index contributed by atoms with van der Waals surface area (Å²) in [5.41, 5.74) is 0.160. The second-order valence-electron chi connectivity index (χ2n) is 3.99. The van der Waals surface area contributed by atoms with E-state index in [1.807, 2.05) is 6.92 Å². The van der Waals surface area contributed by atoms with E-state index in [0.717, 1.165) is 6.42 Å². The van der Waals surface area contributed by atoms with Crippen LogP contribution in [-0.4, -0.2) is 39.4 Å². The first-order chi connectivity index (χ1) is 8.38. The zero-order valence-electron chi connectivity index (χ0n) is 10.6. The zero-order chi connectivity index (χ0) is 13.9. The molecule has 0 saturated carbocycles. The summed E-state index contributed by atoms with van der Waals surface area (Å²) < 4.78 is 1.48. The van der Waals surface area contributed by atoms with Gasteiger partial charge in [0, 0.05) is 13.6 Å². The third-order valence-electron chi connectivity index (χ3n) is 2.42. The van der Waals surface area contributed by atoms with Gasteiger partial charge in [0.25, 0.3) is 0 Å². The van der Waals surface area contributed by atoms with E-state index in [1.54, 1.807) is 6.92 Å². The Morgan fingerprint density at radius 1 is 1.61 bits per heavy atom. The van der Waals surface area contributed by atoms with Crippen LogP contribution < -0.4 is 4.90 Å². The summed E-state index contributed by atoms with van der Waals surface area (Å²) >= 11 is 0. The van der Waals surface area contributed by atoms with Crippen molar-refractivity contribution in [3.05, 3.63) is 15.8 Å². The van der Waals surface area contributed by atoms with Gasteiger partial charge in [-0.05, 0) is 13.3 Å². The third-order valence-corrected chi connectivity index (χ3v) is 2.42. The molecule has 0 aliphatic rings. The van der Waals surface area contributed by atoms with E-state index in [2.05, 4.69) is 5.10 Å². The molecule has 1 aromatic rings. The van der Waals surface area contributed by atoms with Crippen LogP contribution in [-0.2, 0) is 11.3 Å². The number of aryl methyl sites for hydroxylation is 2. The molecule has 18 heavy (non-hydrogen) atoms. The molecule has 0 bridgehead atoms. The van der Waals surface area contributed by atoms with Gasteiger partial charge in [0.1, 0.15) is 12.2 Å². The van der Waals surface area contributed by atoms with Gasteiger partial charge >= 0.3 is 11.7 Å². The molecule has 1 aromatic heterocycles. The van der Waals surface area contributed by atoms with Gasteiger partial charge in [-0.25, -0.2) is 4.68 Å². The minimum Gasteiger partial charge on any atom is -0.480 e. The largest absolute Gasteiger partial charge is 0.480 e. The molecular formula is C10H16N4O4. The van der Waals surface area contributed by atoms with Crippen molar-refractivity contribution in [2.24, 2.45) is 0 Å². The topological polar surface area (TPSA) is 101 Å². The minimum atomic E-state index is -1.05. The molecule has 100 valence electrons. The van der Waals surface area contributed by atoms with Gasteiger partial charge in [-0.15, -0.1) is 0 Å². The van der Waals surface area contributed by atoms with Crippen molar-refractivity contribution in [2.45, 2.75) is 26.8 Å². The Hall–Kier alpha value is -2.12. The van der Waals surface area contributed by atoms with Crippen molar-refractivity contribution in [2.75, 3.05) is 18.5 Å². The average Bonchev–Trinajstić information content (AvgIpc) is 2.54. The van der Waals surface area contributed by atoms with Crippen LogP contribution in [0.2, 0.25) is 0 Å². The molecule has 0 radical (unpaired) electrons. The Morgan fingerprint density at radius 2 is 2.22 bits per heavy atom. The van der Waals surface area contributed by atoms with E-state index in [-0.39, 0.29) is 18.1 Å². The molecule has 0 aliphatic carbocycles. The number of likely N-dealkylation sites (N-methyl/N-ethyl adjacent to an activating group) is 1. The van der Waals surface area contributed by atoms with E-state index in [4.69, 9.17) is 5.11 Å². The minimum absolute atomic E-state index is 0.132. The molecule has 0 fully saturated rings. The van der Waals surface area contributed by atoms with Crippen LogP contribution in [0.4, 0.5) is 11.5 Å². The number of rotatable bonds is 6. The average molecular weight is 256 g/mol. The normalized spacial score (nSPS) is 10.4. The predicted molar refractivity (Wildman–Crippen MR) is 64.8 cm³/mol. The summed E-state index contributed by atoms with van der Waals surface area (Å²) in [4.78, 5) is 22.5. The van der Waals surface area contributed by atoms with Crippen molar-refractivity contribution in [1.82, 2.24) is 9.78 Å². The molecule has 1 rings (SSSR count). The lowest BCUT2D eigenvalue weighted by molar-refractivity contribution is -0.384. The zero-order valence-corrected chi connectivity index (χ0v) is 10.6. The van der Waals surface area contributed by atoms with Crippen LogP contribution in [0.25, 0.3) is 0 Å². The van der Waals surface area contributed by atoms with Crippen LogP contribution >= 0.6 is 0 Å². The van der Waals surface area contributed by atoms with Crippen LogP contribution in [0, 0.1) is 17.0 Å². The Morgan fingerprint density at radius 3 is 2.67 bits per heavy atom. The second-order valence-corrected chi connectivity index (χ2v) is 3.99. The van der Waals surface area contributed by atoms with Gasteiger partial charge in [0.15, 0.2) is 0 Å². The Labute approximate surface area is 104 Å². The van der Waals surface area contributed by atoms with Crippen LogP contribution in [0.5, 0.6) is 0 Å². The van der Waals surface area contributed by atoms with E-state index in [9.17, 15) is 14.9 Å². The van der Waals surface area contributed by atoms with E-state index in [0.29, 0.717) is 12.2 Å². The lowest BCUT2D eigenvalue weighted by Gasteiger charge is -2.16. The SMILES string of the molecule is CCCn1nc(C)c([N+](=O)[O-])c1N(C)CC(=O)O. The highest BCUT2D eigenvalue weighted by molar-refractivity contribution is 5.75. The Bertz CT molecular complexity index is 469. The highest BCUT2D eigenvalue weighted by atomic mass is 16.6. The van der Waals surface area contributed by atoms with Gasteiger partial charge in [0.05, 0.1) is 4.92 Å². The predicted octanol–water partition coefficient (Wildman–Crippen LogP) is 1.03. The van der Waals surface area contributed by atoms with Crippen LogP contribution in [0.1, 0.15) is 19.0 Å². The molecule has 0 aromatic carbocycles. The summed E-state index contributed by atoms with van der Waals surface area (Å²) in [6, 6.07) is 0. The van der Waals surface area contributed by atoms with Gasteiger partial charge < -0.3 is 10.0 Å². The van der Waals surface area contributed by atoms with Gasteiger partial charge in [-0.2, -0.15) is 5.10 Å². The smallest absolute Gasteiger partial charge is 0.333 e. The van der Waals surface area contributed by atoms with Crippen LogP contribution in [0.15, 0.2) is 0 Å². The fourth-order valence-corrected chi connectivity index (χ4v) is 1.80. The van der Waals surface area contributed by atoms with Crippen LogP contribution in [0.3, 0.4) is 0 Å². The number of carboxylic acid groups (broad SMARTS) is 1. The highest BCUT2D eigenvalue weighted by Crippen LogP contribution is 2.30. The number of carbonyl (C=O) groups is 1. The maximum absolute atomic E-state index is 11.0. The molecule has 0 unspecified atom stereocenters. The van der Waals surface area contributed by atoms with Crippen molar-refractivity contribution >= 4 is 17.5 Å². The summed E-state index contributed by atoms with van der Waals surface area (Å²) in [6.45, 7) is 3.66. The lowest BCUT2D eigenvalue weighted by atomic mass is 10.3. The van der Waals surface area contributed by atoms with E-state index < -0.39 is 10.9 Å². The molecule has 1 heterocycles. The van der Waals surface area contributed by atoms with E-state index >= 15 is 0 Å². The fourth-order valence-electron chi connectivity index (χ4n) is 1.80. The van der Waals surface area contributed by atoms with Gasteiger partial charge in [-0.1, -0.05) is 6.92 Å². The second kappa shape index (κ2) is 5.48. The molecule has 8 nitrogen and oxygen atoms in total. The first kappa shape index (κ1) is 13.9. The number of nitro groups is 1. The number of aromatic nitrogens is 2. The summed E-state index contributed by atoms with van der Waals surface area (Å²) in [5, 5.41) is 23.9. The molecule has 0 spiro atoms. The lowest BCUT2D eigenvalue weighted by Crippen LogP contribution is -2.28. The quantitative estimate of drug-likeness (QED) is 0.602. The number of anilines is 1. The van der Waals surface area contributed by atoms with E-state index in [1.165, 1.54) is 16.6 Å². The Balaban J connectivity index is 3.26. The molecule has 1 N–H and O–H groups in total. The van der Waals surface area contributed by atoms with Gasteiger partial charge in [-0.3, -0.25) is 14.9 Å². The number of hydrogen-bond acceptors (Lipinski definition) is 5. The van der Waals surface area contributed by atoms with Crippen molar-refractivity contribution in [3.63, 3.8) is 0 Å². The molecule has 0 aliphatic heterocycles. The first-order valence-electron chi connectivity index (χ1n) is 5.53. The number of aliphatic carboxylic acids is 1. The standard InChI is InChI=1S/C10H16N4O4/c1-4-5-13-10(12(3)6-8(15)16)9(14(17)18)7(2)11-13/h4-6H2,1-3H3,(H,15,16). The molecule has 0 saturated heterocycles. The number of nitrogens with zero attached hydrogens (tertiary/aromatic N) is 4.